The van der Waals surface area contributed by atoms with Crippen molar-refractivity contribution in [2.24, 2.45) is 5.92 Å². The van der Waals surface area contributed by atoms with Crippen molar-refractivity contribution in [1.82, 2.24) is 0 Å². The maximum Gasteiger partial charge on any atom is 0.330 e. The van der Waals surface area contributed by atoms with Crippen LogP contribution >= 0.6 is 0 Å². The van der Waals surface area contributed by atoms with Crippen molar-refractivity contribution in [1.29, 1.82) is 0 Å². The molecule has 0 saturated heterocycles. The summed E-state index contributed by atoms with van der Waals surface area (Å²) in [7, 11) is 3.18. The lowest BCUT2D eigenvalue weighted by Crippen LogP contribution is -2.35. The molecule has 0 aliphatic carbocycles. The average molecular weight is 352 g/mol. The second kappa shape index (κ2) is 14.6. The number of hydrogen-bond acceptors (Lipinski definition) is 5. The molecule has 1 unspecified atom stereocenters. The Labute approximate surface area is 152 Å². The van der Waals surface area contributed by atoms with Crippen molar-refractivity contribution >= 4 is 5.97 Å². The highest BCUT2D eigenvalue weighted by Crippen LogP contribution is 2.18. The van der Waals surface area contributed by atoms with Crippen LogP contribution in [-0.2, 0) is 23.7 Å². The zero-order chi connectivity index (χ0) is 19.1. The van der Waals surface area contributed by atoms with Gasteiger partial charge in [0.25, 0.3) is 0 Å². The Bertz CT molecular complexity index is 453. The minimum absolute atomic E-state index is 0.0277. The summed E-state index contributed by atoms with van der Waals surface area (Å²) in [4.78, 5) is 11.6. The standard InChI is InChI=1S/C20H32O5/c1-7-9-10-11-12-19(21)24-14-16(3)13-17(4)20(25-15-22-5)18(8-2)23-6/h7-8,11-13,17-18,20H,1-2,9-10,14-15H2,3-6H3/t17?,18-,20-/m0/s1. The molecular formula is C20H32O5. The van der Waals surface area contributed by atoms with Crippen LogP contribution in [0.1, 0.15) is 26.7 Å². The first kappa shape index (κ1) is 23.3. The molecule has 0 rings (SSSR count). The van der Waals surface area contributed by atoms with E-state index in [1.165, 1.54) is 6.08 Å². The van der Waals surface area contributed by atoms with Crippen molar-refractivity contribution in [2.75, 3.05) is 27.6 Å². The van der Waals surface area contributed by atoms with E-state index in [0.29, 0.717) is 0 Å². The first-order valence-electron chi connectivity index (χ1n) is 8.37. The summed E-state index contributed by atoms with van der Waals surface area (Å²) in [5.74, 6) is -0.322. The van der Waals surface area contributed by atoms with E-state index in [9.17, 15) is 4.79 Å². The summed E-state index contributed by atoms with van der Waals surface area (Å²) in [6.07, 6.45) is 9.87. The Morgan fingerprint density at radius 1 is 1.20 bits per heavy atom. The van der Waals surface area contributed by atoms with E-state index in [2.05, 4.69) is 13.2 Å². The third kappa shape index (κ3) is 10.7. The molecule has 0 aromatic carbocycles. The smallest absolute Gasteiger partial charge is 0.330 e. The van der Waals surface area contributed by atoms with Gasteiger partial charge in [-0.2, -0.15) is 0 Å². The molecule has 0 aliphatic heterocycles. The Balaban J connectivity index is 4.63. The van der Waals surface area contributed by atoms with E-state index in [4.69, 9.17) is 18.9 Å². The number of hydrogen-bond donors (Lipinski definition) is 0. The normalized spacial score (nSPS) is 15.6. The maximum absolute atomic E-state index is 11.6. The summed E-state index contributed by atoms with van der Waals surface area (Å²) in [6, 6.07) is 0. The van der Waals surface area contributed by atoms with Crippen LogP contribution in [0.2, 0.25) is 0 Å². The lowest BCUT2D eigenvalue weighted by Gasteiger charge is -2.27. The first-order valence-corrected chi connectivity index (χ1v) is 8.37. The molecule has 5 heteroatoms. The summed E-state index contributed by atoms with van der Waals surface area (Å²) in [5.41, 5.74) is 0.935. The summed E-state index contributed by atoms with van der Waals surface area (Å²) in [5, 5.41) is 0. The summed E-state index contributed by atoms with van der Waals surface area (Å²) < 4.78 is 21.3. The zero-order valence-corrected chi connectivity index (χ0v) is 15.9. The largest absolute Gasteiger partial charge is 0.458 e. The van der Waals surface area contributed by atoms with Crippen LogP contribution in [0.15, 0.2) is 49.1 Å². The van der Waals surface area contributed by atoms with E-state index in [1.54, 1.807) is 26.4 Å². The Morgan fingerprint density at radius 2 is 1.92 bits per heavy atom. The van der Waals surface area contributed by atoms with Gasteiger partial charge in [0.15, 0.2) is 0 Å². The van der Waals surface area contributed by atoms with Crippen molar-refractivity contribution in [2.45, 2.75) is 38.9 Å². The van der Waals surface area contributed by atoms with E-state index in [1.807, 2.05) is 26.0 Å². The number of methoxy groups -OCH3 is 2. The first-order chi connectivity index (χ1) is 12.0. The Morgan fingerprint density at radius 3 is 2.48 bits per heavy atom. The predicted molar refractivity (Wildman–Crippen MR) is 100 cm³/mol. The van der Waals surface area contributed by atoms with Crippen LogP contribution in [-0.4, -0.2) is 45.8 Å². The molecule has 0 radical (unpaired) electrons. The van der Waals surface area contributed by atoms with Crippen LogP contribution < -0.4 is 0 Å². The van der Waals surface area contributed by atoms with E-state index >= 15 is 0 Å². The van der Waals surface area contributed by atoms with E-state index < -0.39 is 0 Å². The molecule has 0 fully saturated rings. The fraction of sp³-hybridized carbons (Fsp3) is 0.550. The third-order valence-corrected chi connectivity index (χ3v) is 3.51. The molecule has 0 aromatic heterocycles. The van der Waals surface area contributed by atoms with Gasteiger partial charge in [0.05, 0.1) is 6.10 Å². The van der Waals surface area contributed by atoms with Gasteiger partial charge in [0.1, 0.15) is 19.5 Å². The molecule has 0 heterocycles. The molecule has 0 saturated carbocycles. The highest BCUT2D eigenvalue weighted by atomic mass is 16.7. The SMILES string of the molecule is C=CCCC=CC(=O)OCC(C)=CC(C)[C@H](OCOC)[C@H](C=C)OC. The van der Waals surface area contributed by atoms with Gasteiger partial charge < -0.3 is 18.9 Å². The number of rotatable bonds is 14. The molecule has 0 bridgehead atoms. The van der Waals surface area contributed by atoms with Crippen molar-refractivity contribution in [3.8, 4) is 0 Å². The number of allylic oxidation sites excluding steroid dienone is 2. The molecule has 0 spiro atoms. The lowest BCUT2D eigenvalue weighted by atomic mass is 9.97. The van der Waals surface area contributed by atoms with Crippen LogP contribution in [0.4, 0.5) is 0 Å². The third-order valence-electron chi connectivity index (χ3n) is 3.51. The van der Waals surface area contributed by atoms with Gasteiger partial charge in [-0.05, 0) is 25.3 Å². The van der Waals surface area contributed by atoms with Gasteiger partial charge in [-0.1, -0.05) is 31.2 Å². The topological polar surface area (TPSA) is 54.0 Å². The lowest BCUT2D eigenvalue weighted by molar-refractivity contribution is -0.136. The second-order valence-corrected chi connectivity index (χ2v) is 5.72. The number of unbranched alkanes of at least 4 members (excludes halogenated alkanes) is 1. The van der Waals surface area contributed by atoms with Crippen molar-refractivity contribution < 1.29 is 23.7 Å². The van der Waals surface area contributed by atoms with Crippen molar-refractivity contribution in [3.05, 3.63) is 49.1 Å². The number of ether oxygens (including phenoxy) is 4. The van der Waals surface area contributed by atoms with E-state index in [-0.39, 0.29) is 37.5 Å². The Kier molecular flexibility index (Phi) is 13.6. The molecule has 0 aromatic rings. The number of carbonyl (C=O) groups excluding carboxylic acids is 1. The molecule has 0 aliphatic rings. The van der Waals surface area contributed by atoms with Gasteiger partial charge in [-0.3, -0.25) is 0 Å². The predicted octanol–water partition coefficient (Wildman–Crippen LogP) is 3.82. The minimum Gasteiger partial charge on any atom is -0.458 e. The summed E-state index contributed by atoms with van der Waals surface area (Å²) >= 11 is 0. The van der Waals surface area contributed by atoms with Crippen LogP contribution in [0.3, 0.4) is 0 Å². The monoisotopic (exact) mass is 352 g/mol. The quantitative estimate of drug-likeness (QED) is 0.156. The maximum atomic E-state index is 11.6. The summed E-state index contributed by atoms with van der Waals surface area (Å²) in [6.45, 7) is 11.7. The van der Waals surface area contributed by atoms with Gasteiger partial charge in [-0.25, -0.2) is 4.79 Å². The van der Waals surface area contributed by atoms with Gasteiger partial charge in [0.2, 0.25) is 0 Å². The van der Waals surface area contributed by atoms with Gasteiger partial charge in [0, 0.05) is 26.2 Å². The van der Waals surface area contributed by atoms with Gasteiger partial charge in [-0.15, -0.1) is 13.2 Å². The second-order valence-electron chi connectivity index (χ2n) is 5.72. The average Bonchev–Trinajstić information content (AvgIpc) is 2.60. The molecule has 0 amide bonds. The fourth-order valence-electron chi connectivity index (χ4n) is 2.28. The Hall–Kier alpha value is -1.69. The van der Waals surface area contributed by atoms with Crippen molar-refractivity contribution in [3.63, 3.8) is 0 Å². The molecule has 0 N–H and O–H groups in total. The highest BCUT2D eigenvalue weighted by Gasteiger charge is 2.24. The van der Waals surface area contributed by atoms with E-state index in [0.717, 1.165) is 18.4 Å². The zero-order valence-electron chi connectivity index (χ0n) is 15.9. The van der Waals surface area contributed by atoms with Crippen LogP contribution in [0, 0.1) is 5.92 Å². The molecule has 25 heavy (non-hydrogen) atoms. The minimum atomic E-state index is -0.350. The number of carbonyl (C=O) groups is 1. The van der Waals surface area contributed by atoms with Crippen LogP contribution in [0.5, 0.6) is 0 Å². The molecule has 142 valence electrons. The fourth-order valence-corrected chi connectivity index (χ4v) is 2.28. The molecule has 3 atom stereocenters. The van der Waals surface area contributed by atoms with Crippen LogP contribution in [0.25, 0.3) is 0 Å². The molecular weight excluding hydrogens is 320 g/mol. The van der Waals surface area contributed by atoms with Gasteiger partial charge >= 0.3 is 5.97 Å². The highest BCUT2D eigenvalue weighted by molar-refractivity contribution is 5.81. The molecule has 5 nitrogen and oxygen atoms in total. The number of esters is 1.